The van der Waals surface area contributed by atoms with Crippen LogP contribution < -0.4 is 11.3 Å². The molecule has 0 saturated heterocycles. The maximum Gasteiger partial charge on any atom is 0.351 e. The van der Waals surface area contributed by atoms with Gasteiger partial charge in [0.05, 0.1) is 19.0 Å². The molecule has 3 heterocycles. The van der Waals surface area contributed by atoms with Gasteiger partial charge in [-0.25, -0.2) is 4.98 Å². The maximum atomic E-state index is 11.7. The van der Waals surface area contributed by atoms with Crippen molar-refractivity contribution in [1.82, 2.24) is 19.5 Å². The highest BCUT2D eigenvalue weighted by Gasteiger charge is 2.23. The van der Waals surface area contributed by atoms with Gasteiger partial charge < -0.3 is 29.6 Å². The molecule has 5 N–H and O–H groups in total. The lowest BCUT2D eigenvalue weighted by Gasteiger charge is -2.24. The summed E-state index contributed by atoms with van der Waals surface area (Å²) < 4.78 is 22.7. The molecule has 11 nitrogen and oxygen atoms in total. The quantitative estimate of drug-likeness (QED) is 0.415. The van der Waals surface area contributed by atoms with E-state index in [0.29, 0.717) is 5.65 Å². The number of rotatable bonds is 4. The number of imidazole rings is 1. The van der Waals surface area contributed by atoms with Crippen LogP contribution in [0.5, 0.6) is 0 Å². The summed E-state index contributed by atoms with van der Waals surface area (Å²) in [5, 5.41) is 0. The summed E-state index contributed by atoms with van der Waals surface area (Å²) in [6, 6.07) is -0.302. The fourth-order valence-corrected chi connectivity index (χ4v) is 2.50. The van der Waals surface area contributed by atoms with E-state index in [9.17, 15) is 9.36 Å². The van der Waals surface area contributed by atoms with Crippen molar-refractivity contribution in [3.8, 4) is 0 Å². The summed E-state index contributed by atoms with van der Waals surface area (Å²) >= 11 is 0. The zero-order valence-corrected chi connectivity index (χ0v) is 12.6. The minimum Gasteiger partial charge on any atom is -0.369 e. The molecule has 23 heavy (non-hydrogen) atoms. The van der Waals surface area contributed by atoms with Crippen LogP contribution in [0.25, 0.3) is 11.2 Å². The van der Waals surface area contributed by atoms with E-state index in [0.717, 1.165) is 0 Å². The summed E-state index contributed by atoms with van der Waals surface area (Å²) in [5.74, 6) is -0.0205. The Kier molecular flexibility index (Phi) is 4.04. The SMILES string of the molecule is Nc1nc2c(ncn2[C@H]2C=C[C@@H](OCP(=O)(O)O)OC2)c(=O)[nH]1. The Hall–Kier alpha value is -2.04. The minimum atomic E-state index is -4.25. The third-order valence-corrected chi connectivity index (χ3v) is 3.62. The summed E-state index contributed by atoms with van der Waals surface area (Å²) in [5.41, 5.74) is 5.58. The summed E-state index contributed by atoms with van der Waals surface area (Å²) in [7, 11) is -4.25. The monoisotopic (exact) mass is 343 g/mol. The van der Waals surface area contributed by atoms with Gasteiger partial charge in [-0.05, 0) is 6.08 Å². The molecule has 3 rings (SSSR count). The number of hydrogen-bond donors (Lipinski definition) is 4. The molecule has 1 aliphatic heterocycles. The van der Waals surface area contributed by atoms with Crippen molar-refractivity contribution in [2.75, 3.05) is 18.7 Å². The molecule has 0 amide bonds. The third-order valence-electron chi connectivity index (χ3n) is 3.14. The molecule has 0 aliphatic carbocycles. The van der Waals surface area contributed by atoms with Crippen LogP contribution in [0.4, 0.5) is 5.95 Å². The molecule has 0 radical (unpaired) electrons. The molecule has 0 bridgehead atoms. The summed E-state index contributed by atoms with van der Waals surface area (Å²) in [4.78, 5) is 39.7. The average Bonchev–Trinajstić information content (AvgIpc) is 2.89. The highest BCUT2D eigenvalue weighted by Crippen LogP contribution is 2.35. The number of anilines is 1. The van der Waals surface area contributed by atoms with E-state index in [2.05, 4.69) is 15.0 Å². The highest BCUT2D eigenvalue weighted by atomic mass is 31.2. The van der Waals surface area contributed by atoms with Crippen LogP contribution in [0, 0.1) is 0 Å². The number of H-pyrrole nitrogens is 1. The lowest BCUT2D eigenvalue weighted by atomic mass is 10.2. The Bertz CT molecular complexity index is 854. The number of nitrogens with zero attached hydrogens (tertiary/aromatic N) is 3. The first-order chi connectivity index (χ1) is 10.8. The number of nitrogen functional groups attached to an aromatic ring is 1. The third kappa shape index (κ3) is 3.49. The van der Waals surface area contributed by atoms with E-state index in [4.69, 9.17) is 25.0 Å². The topological polar surface area (TPSA) is 166 Å². The van der Waals surface area contributed by atoms with Crippen molar-refractivity contribution in [2.45, 2.75) is 12.3 Å². The molecule has 1 aliphatic rings. The number of aromatic amines is 1. The van der Waals surface area contributed by atoms with Gasteiger partial charge in [0.25, 0.3) is 5.56 Å². The molecular weight excluding hydrogens is 329 g/mol. The second-order valence-electron chi connectivity index (χ2n) is 4.89. The first-order valence-electron chi connectivity index (χ1n) is 6.52. The number of ether oxygens (including phenoxy) is 2. The fraction of sp³-hybridized carbons (Fsp3) is 0.364. The fourth-order valence-electron chi connectivity index (χ4n) is 2.16. The molecule has 124 valence electrons. The van der Waals surface area contributed by atoms with Gasteiger partial charge in [0, 0.05) is 0 Å². The van der Waals surface area contributed by atoms with E-state index in [1.807, 2.05) is 0 Å². The van der Waals surface area contributed by atoms with E-state index in [1.54, 1.807) is 10.6 Å². The van der Waals surface area contributed by atoms with Crippen molar-refractivity contribution in [1.29, 1.82) is 0 Å². The predicted octanol–water partition coefficient (Wildman–Crippen LogP) is -0.693. The standard InChI is InChI=1S/C11H14N5O6P/c12-11-14-9-8(10(17)15-11)13-4-16(9)6-1-2-7(21-3-6)22-5-23(18,19)20/h1-2,4,6-7H,3,5H2,(H2,18,19,20)(H3,12,14,15,17)/t6-,7+/m0/s1. The van der Waals surface area contributed by atoms with Gasteiger partial charge in [-0.2, -0.15) is 4.98 Å². The van der Waals surface area contributed by atoms with Crippen LogP contribution in [0.3, 0.4) is 0 Å². The van der Waals surface area contributed by atoms with Gasteiger partial charge in [0.1, 0.15) is 0 Å². The summed E-state index contributed by atoms with van der Waals surface area (Å²) in [6.07, 6.45) is 3.10. The highest BCUT2D eigenvalue weighted by molar-refractivity contribution is 7.51. The van der Waals surface area contributed by atoms with E-state index < -0.39 is 25.8 Å². The Balaban J connectivity index is 1.80. The second kappa shape index (κ2) is 5.87. The average molecular weight is 343 g/mol. The zero-order valence-electron chi connectivity index (χ0n) is 11.7. The van der Waals surface area contributed by atoms with E-state index in [-0.39, 0.29) is 24.1 Å². The van der Waals surface area contributed by atoms with Gasteiger partial charge >= 0.3 is 7.60 Å². The van der Waals surface area contributed by atoms with Gasteiger partial charge in [0.2, 0.25) is 5.95 Å². The van der Waals surface area contributed by atoms with Crippen LogP contribution in [-0.2, 0) is 14.0 Å². The Morgan fingerprint density at radius 2 is 2.30 bits per heavy atom. The number of hydrogen-bond acceptors (Lipinski definition) is 7. The lowest BCUT2D eigenvalue weighted by molar-refractivity contribution is -0.112. The molecular formula is C11H14N5O6P. The predicted molar refractivity (Wildman–Crippen MR) is 78.5 cm³/mol. The lowest BCUT2D eigenvalue weighted by Crippen LogP contribution is -2.26. The smallest absolute Gasteiger partial charge is 0.351 e. The van der Waals surface area contributed by atoms with Crippen molar-refractivity contribution >= 4 is 24.7 Å². The Morgan fingerprint density at radius 1 is 1.52 bits per heavy atom. The normalized spacial score (nSPS) is 21.8. The zero-order chi connectivity index (χ0) is 16.6. The summed E-state index contributed by atoms with van der Waals surface area (Å²) in [6.45, 7) is 0.155. The minimum absolute atomic E-state index is 0.0205. The van der Waals surface area contributed by atoms with Crippen molar-refractivity contribution < 1.29 is 23.8 Å². The number of nitrogens with one attached hydrogen (secondary N) is 1. The molecule has 2 atom stereocenters. The van der Waals surface area contributed by atoms with Gasteiger partial charge in [-0.1, -0.05) is 6.08 Å². The van der Waals surface area contributed by atoms with Crippen LogP contribution in [-0.4, -0.2) is 48.6 Å². The molecule has 12 heteroatoms. The molecule has 0 fully saturated rings. The van der Waals surface area contributed by atoms with E-state index >= 15 is 0 Å². The first kappa shape index (κ1) is 15.8. The van der Waals surface area contributed by atoms with Crippen LogP contribution in [0.1, 0.15) is 6.04 Å². The molecule has 0 saturated carbocycles. The molecule has 0 spiro atoms. The van der Waals surface area contributed by atoms with Gasteiger partial charge in [-0.3, -0.25) is 14.3 Å². The van der Waals surface area contributed by atoms with Gasteiger partial charge in [-0.15, -0.1) is 0 Å². The molecule has 2 aromatic rings. The van der Waals surface area contributed by atoms with Crippen molar-refractivity contribution in [3.63, 3.8) is 0 Å². The largest absolute Gasteiger partial charge is 0.369 e. The van der Waals surface area contributed by atoms with Crippen LogP contribution >= 0.6 is 7.60 Å². The van der Waals surface area contributed by atoms with Crippen molar-refractivity contribution in [3.05, 3.63) is 28.8 Å². The molecule has 2 aromatic heterocycles. The van der Waals surface area contributed by atoms with Crippen LogP contribution in [0.15, 0.2) is 23.3 Å². The van der Waals surface area contributed by atoms with Gasteiger partial charge in [0.15, 0.2) is 23.8 Å². The van der Waals surface area contributed by atoms with Crippen molar-refractivity contribution in [2.24, 2.45) is 0 Å². The molecule has 0 aromatic carbocycles. The number of nitrogens with two attached hydrogens (primary N) is 1. The number of fused-ring (bicyclic) bond motifs is 1. The second-order valence-corrected chi connectivity index (χ2v) is 6.48. The first-order valence-corrected chi connectivity index (χ1v) is 8.32. The number of aromatic nitrogens is 4. The van der Waals surface area contributed by atoms with E-state index in [1.165, 1.54) is 12.4 Å². The Labute approximate surface area is 128 Å². The maximum absolute atomic E-state index is 11.7. The van der Waals surface area contributed by atoms with Crippen LogP contribution in [0.2, 0.25) is 0 Å². The Morgan fingerprint density at radius 3 is 2.96 bits per heavy atom. The molecule has 0 unspecified atom stereocenters.